The lowest BCUT2D eigenvalue weighted by Gasteiger charge is -2.60. The molecular formula is C46H74O18. The minimum Gasteiger partial charge on any atom is -0.394 e. The number of rotatable bonds is 8. The van der Waals surface area contributed by atoms with E-state index in [1.165, 1.54) is 19.4 Å². The summed E-state index contributed by atoms with van der Waals surface area (Å²) < 4.78 is 55.8. The van der Waals surface area contributed by atoms with E-state index in [-0.39, 0.29) is 41.0 Å². The van der Waals surface area contributed by atoms with E-state index in [2.05, 4.69) is 33.8 Å². The van der Waals surface area contributed by atoms with Gasteiger partial charge in [0.25, 0.3) is 0 Å². The fourth-order valence-corrected chi connectivity index (χ4v) is 14.2. The first-order valence-electron chi connectivity index (χ1n) is 23.8. The lowest BCUT2D eigenvalue weighted by Crippen LogP contribution is -2.66. The molecule has 18 heteroatoms. The molecule has 3 saturated carbocycles. The van der Waals surface area contributed by atoms with Gasteiger partial charge in [-0.1, -0.05) is 39.3 Å². The summed E-state index contributed by atoms with van der Waals surface area (Å²) in [7, 11) is 1.67. The molecule has 0 aromatic carbocycles. The molecule has 0 bridgehead atoms. The van der Waals surface area contributed by atoms with Crippen LogP contribution in [0.5, 0.6) is 0 Å². The van der Waals surface area contributed by atoms with Crippen molar-refractivity contribution in [2.24, 2.45) is 40.4 Å². The van der Waals surface area contributed by atoms with E-state index in [0.29, 0.717) is 24.7 Å². The van der Waals surface area contributed by atoms with Crippen molar-refractivity contribution in [3.63, 3.8) is 0 Å². The summed E-state index contributed by atoms with van der Waals surface area (Å²) in [5, 5.41) is 98.9. The van der Waals surface area contributed by atoms with Crippen molar-refractivity contribution in [2.45, 2.75) is 221 Å². The largest absolute Gasteiger partial charge is 0.394 e. The van der Waals surface area contributed by atoms with Crippen LogP contribution in [0, 0.1) is 40.4 Å². The zero-order valence-electron chi connectivity index (χ0n) is 38.1. The Balaban J connectivity index is 0.922. The second-order valence-electron chi connectivity index (χ2n) is 21.4. The maximum absolute atomic E-state index is 12.9. The second kappa shape index (κ2) is 17.5. The van der Waals surface area contributed by atoms with E-state index in [1.54, 1.807) is 7.11 Å². The van der Waals surface area contributed by atoms with Gasteiger partial charge in [0.15, 0.2) is 30.9 Å². The number of methoxy groups -OCH3 is 1. The van der Waals surface area contributed by atoms with Crippen LogP contribution in [0.2, 0.25) is 0 Å². The Morgan fingerprint density at radius 2 is 1.31 bits per heavy atom. The van der Waals surface area contributed by atoms with Crippen molar-refractivity contribution in [2.75, 3.05) is 13.7 Å². The molecule has 18 nitrogen and oxygen atoms in total. The molecule has 0 amide bonds. The van der Waals surface area contributed by atoms with Crippen LogP contribution >= 0.6 is 0 Å². The van der Waals surface area contributed by atoms with Crippen molar-refractivity contribution < 1.29 is 88.6 Å². The molecule has 64 heavy (non-hydrogen) atoms. The minimum absolute atomic E-state index is 0.134. The Hall–Kier alpha value is -0.980. The Bertz CT molecular complexity index is 1710. The molecule has 5 saturated heterocycles. The smallest absolute Gasteiger partial charge is 0.187 e. The molecule has 9 aliphatic rings. The first-order valence-corrected chi connectivity index (χ1v) is 23.8. The van der Waals surface area contributed by atoms with Crippen LogP contribution in [0.3, 0.4) is 0 Å². The van der Waals surface area contributed by atoms with Crippen LogP contribution in [0.25, 0.3) is 0 Å². The zero-order valence-corrected chi connectivity index (χ0v) is 38.1. The van der Waals surface area contributed by atoms with Gasteiger partial charge < -0.3 is 88.6 Å². The molecule has 9 N–H and O–H groups in total. The number of hydrogen-bond donors (Lipinski definition) is 9. The van der Waals surface area contributed by atoms with Gasteiger partial charge in [0, 0.05) is 30.8 Å². The van der Waals surface area contributed by atoms with Crippen LogP contribution in [-0.4, -0.2) is 182 Å². The fourth-order valence-electron chi connectivity index (χ4n) is 14.2. The number of allylic oxidation sites excluding steroid dienone is 1. The molecule has 0 unspecified atom stereocenters. The predicted molar refractivity (Wildman–Crippen MR) is 220 cm³/mol. The van der Waals surface area contributed by atoms with Gasteiger partial charge in [0.2, 0.25) is 0 Å². The summed E-state index contributed by atoms with van der Waals surface area (Å²) in [6, 6.07) is 0. The molecule has 0 aromatic rings. The number of hydrogen-bond acceptors (Lipinski definition) is 18. The molecule has 366 valence electrons. The number of fused-ring (bicyclic) bond motifs is 7. The average molecular weight is 915 g/mol. The van der Waals surface area contributed by atoms with Gasteiger partial charge in [-0.15, -0.1) is 0 Å². The Morgan fingerprint density at radius 3 is 1.94 bits per heavy atom. The SMILES string of the molecule is CO[C@@H]1O[C@@]2(CC[C@H]1C)O[C@H]1C[C@H]3[C@@H]4CC=C5C[C@@H](O[C@@H]6O[C@H](CO)[C@@H](O[C@@H]7O[C@@H](C)[C@H](O)[C@@H](O)[C@H]7O)[C@H](O)[C@H]6O[C@@H]6O[C@@H](C)[C@H](O)[C@@H](O)[C@H]6O)CC[C@]5(C)[C@H]4CC[C@]3(C)[C@@]1(O)[C@@H]2C. The molecule has 0 aromatic heterocycles. The first kappa shape index (κ1) is 48.1. The number of ether oxygens (including phenoxy) is 9. The van der Waals surface area contributed by atoms with Gasteiger partial charge >= 0.3 is 0 Å². The average Bonchev–Trinajstić information content (AvgIpc) is 3.63. The quantitative estimate of drug-likeness (QED) is 0.149. The molecule has 5 aliphatic heterocycles. The van der Waals surface area contributed by atoms with Crippen molar-refractivity contribution in [1.29, 1.82) is 0 Å². The van der Waals surface area contributed by atoms with Crippen LogP contribution in [0.15, 0.2) is 11.6 Å². The molecule has 27 atom stereocenters. The number of aliphatic hydroxyl groups excluding tert-OH is 8. The highest BCUT2D eigenvalue weighted by Gasteiger charge is 2.76. The standard InChI is InChI=1S/C46H74O18/c1-19-10-15-45(64-39(19)56-7)22(4)46(55)29(63-45)17-27-25-9-8-23-16-24(11-13-43(23,5)26(25)12-14-44(27,46)6)59-42-38(62-41-35(53)33(51)31(49)21(3)58-41)36(54)37(28(18-47)60-42)61-40-34(52)32(50)30(48)20(2)57-40/h8,19-22,24-42,47-55H,9-18H2,1-7H3/t19-,20+,21+,22-,24+,25-,26+,27+,28-,29+,30+,31+,32-,33-,34-,35-,36+,37-,38-,39-,40+,41+,42-,43+,44+,45-,46-/m1/s1. The van der Waals surface area contributed by atoms with Crippen molar-refractivity contribution in [1.82, 2.24) is 0 Å². The third-order valence-electron chi connectivity index (χ3n) is 18.3. The van der Waals surface area contributed by atoms with E-state index in [9.17, 15) is 46.0 Å². The van der Waals surface area contributed by atoms with Gasteiger partial charge in [-0.3, -0.25) is 0 Å². The van der Waals surface area contributed by atoms with E-state index in [1.807, 2.05) is 0 Å². The van der Waals surface area contributed by atoms with Gasteiger partial charge in [-0.2, -0.15) is 0 Å². The van der Waals surface area contributed by atoms with Crippen LogP contribution < -0.4 is 0 Å². The highest BCUT2D eigenvalue weighted by molar-refractivity contribution is 5.29. The monoisotopic (exact) mass is 914 g/mol. The lowest BCUT2D eigenvalue weighted by molar-refractivity contribution is -0.388. The molecular weight excluding hydrogens is 840 g/mol. The van der Waals surface area contributed by atoms with E-state index >= 15 is 0 Å². The molecule has 8 fully saturated rings. The molecule has 4 aliphatic carbocycles. The van der Waals surface area contributed by atoms with E-state index in [4.69, 9.17) is 42.6 Å². The highest BCUT2D eigenvalue weighted by atomic mass is 16.8. The third kappa shape index (κ3) is 7.34. The third-order valence-corrected chi connectivity index (χ3v) is 18.3. The summed E-state index contributed by atoms with van der Waals surface area (Å²) in [6.45, 7) is 11.2. The molecule has 9 rings (SSSR count). The van der Waals surface area contributed by atoms with Gasteiger partial charge in [-0.05, 0) is 88.4 Å². The van der Waals surface area contributed by atoms with Gasteiger partial charge in [0.05, 0.1) is 31.0 Å². The predicted octanol–water partition coefficient (Wildman–Crippen LogP) is 0.329. The van der Waals surface area contributed by atoms with Crippen LogP contribution in [-0.2, 0) is 42.6 Å². The summed E-state index contributed by atoms with van der Waals surface area (Å²) >= 11 is 0. The van der Waals surface area contributed by atoms with Crippen molar-refractivity contribution in [3.05, 3.63) is 11.6 Å². The molecule has 0 radical (unpaired) electrons. The Morgan fingerprint density at radius 1 is 0.672 bits per heavy atom. The molecule has 5 heterocycles. The zero-order chi connectivity index (χ0) is 46.0. The maximum Gasteiger partial charge on any atom is 0.187 e. The fraction of sp³-hybridized carbons (Fsp3) is 0.957. The van der Waals surface area contributed by atoms with Crippen LogP contribution in [0.4, 0.5) is 0 Å². The summed E-state index contributed by atoms with van der Waals surface area (Å²) in [6.07, 6.45) is -13.5. The second-order valence-corrected chi connectivity index (χ2v) is 21.4. The van der Waals surface area contributed by atoms with Crippen molar-refractivity contribution >= 4 is 0 Å². The summed E-state index contributed by atoms with van der Waals surface area (Å²) in [5.74, 6) is 0.101. The summed E-state index contributed by atoms with van der Waals surface area (Å²) in [5.41, 5.74) is -0.267. The van der Waals surface area contributed by atoms with E-state index in [0.717, 1.165) is 44.9 Å². The molecule has 1 spiro atoms. The topological polar surface area (TPSA) is 265 Å². The first-order chi connectivity index (χ1) is 30.2. The minimum atomic E-state index is -1.73. The maximum atomic E-state index is 12.9. The Kier molecular flexibility index (Phi) is 13.1. The van der Waals surface area contributed by atoms with E-state index < -0.39 is 116 Å². The van der Waals surface area contributed by atoms with Gasteiger partial charge in [-0.25, -0.2) is 0 Å². The Labute approximate surface area is 375 Å². The number of aliphatic hydroxyl groups is 9. The normalized spacial score (nSPS) is 58.6. The lowest BCUT2D eigenvalue weighted by atomic mass is 9.46. The van der Waals surface area contributed by atoms with Crippen molar-refractivity contribution in [3.8, 4) is 0 Å². The van der Waals surface area contributed by atoms with Crippen LogP contribution in [0.1, 0.15) is 99.3 Å². The highest BCUT2D eigenvalue weighted by Crippen LogP contribution is 2.72. The van der Waals surface area contributed by atoms with Gasteiger partial charge in [0.1, 0.15) is 66.6 Å². The summed E-state index contributed by atoms with van der Waals surface area (Å²) in [4.78, 5) is 0.